The van der Waals surface area contributed by atoms with Crippen LogP contribution >= 0.6 is 0 Å². The number of esters is 1. The van der Waals surface area contributed by atoms with Gasteiger partial charge in [0.15, 0.2) is 6.61 Å². The third-order valence-corrected chi connectivity index (χ3v) is 1.39. The highest BCUT2D eigenvalue weighted by Crippen LogP contribution is 2.06. The van der Waals surface area contributed by atoms with Gasteiger partial charge in [-0.3, -0.25) is 4.79 Å². The number of terminal acetylenes is 1. The molecule has 3 nitrogen and oxygen atoms in total. The van der Waals surface area contributed by atoms with E-state index in [0.29, 0.717) is 12.8 Å². The summed E-state index contributed by atoms with van der Waals surface area (Å²) >= 11 is 0. The van der Waals surface area contributed by atoms with E-state index in [9.17, 15) is 4.79 Å². The van der Waals surface area contributed by atoms with Gasteiger partial charge in [-0.05, 0) is 6.42 Å². The van der Waals surface area contributed by atoms with Crippen LogP contribution in [0.5, 0.6) is 0 Å². The van der Waals surface area contributed by atoms with Crippen LogP contribution in [0.25, 0.3) is 0 Å². The van der Waals surface area contributed by atoms with E-state index in [-0.39, 0.29) is 18.5 Å². The van der Waals surface area contributed by atoms with Crippen LogP contribution in [0, 0.1) is 29.6 Å². The Bertz CT molecular complexity index is 222. The lowest BCUT2D eigenvalue weighted by atomic mass is 10.1. The molecule has 0 rings (SSSR count). The molecule has 0 heterocycles. The van der Waals surface area contributed by atoms with Gasteiger partial charge in [-0.25, -0.2) is 0 Å². The maximum atomic E-state index is 11.0. The van der Waals surface area contributed by atoms with Gasteiger partial charge in [-0.1, -0.05) is 12.8 Å². The van der Waals surface area contributed by atoms with Crippen LogP contribution in [0.3, 0.4) is 0 Å². The van der Waals surface area contributed by atoms with Crippen LogP contribution < -0.4 is 0 Å². The van der Waals surface area contributed by atoms with Gasteiger partial charge >= 0.3 is 5.97 Å². The summed E-state index contributed by atoms with van der Waals surface area (Å²) in [6, 6.07) is 1.96. The number of hydrogen-bond donors (Lipinski definition) is 0. The molecule has 1 atom stereocenters. The maximum absolute atomic E-state index is 11.0. The van der Waals surface area contributed by atoms with Crippen molar-refractivity contribution >= 4 is 5.97 Å². The molecular weight excluding hydrogens is 154 g/mol. The van der Waals surface area contributed by atoms with Crippen molar-refractivity contribution in [2.24, 2.45) is 5.92 Å². The van der Waals surface area contributed by atoms with Gasteiger partial charge in [0, 0.05) is 6.42 Å². The molecule has 0 saturated carbocycles. The predicted octanol–water partition coefficient (Wildman–Crippen LogP) is 1.10. The van der Waals surface area contributed by atoms with E-state index in [4.69, 9.17) is 11.7 Å². The minimum absolute atomic E-state index is 0.00965. The number of carbonyl (C=O) groups excluding carboxylic acids is 1. The van der Waals surface area contributed by atoms with Gasteiger partial charge < -0.3 is 4.74 Å². The highest BCUT2D eigenvalue weighted by Gasteiger charge is 2.12. The second kappa shape index (κ2) is 6.24. The smallest absolute Gasteiger partial charge is 0.309 e. The molecule has 0 bridgehead atoms. The monoisotopic (exact) mass is 165 g/mol. The van der Waals surface area contributed by atoms with E-state index in [0.717, 1.165) is 0 Å². The molecule has 0 saturated heterocycles. The van der Waals surface area contributed by atoms with Crippen molar-refractivity contribution in [3.05, 3.63) is 0 Å². The molecule has 0 amide bonds. The van der Waals surface area contributed by atoms with Crippen LogP contribution in [0.2, 0.25) is 0 Å². The first kappa shape index (κ1) is 10.5. The van der Waals surface area contributed by atoms with Crippen molar-refractivity contribution in [1.82, 2.24) is 0 Å². The lowest BCUT2D eigenvalue weighted by molar-refractivity contribution is -0.146. The molecule has 0 aromatic carbocycles. The zero-order chi connectivity index (χ0) is 9.40. The van der Waals surface area contributed by atoms with Crippen molar-refractivity contribution in [3.8, 4) is 18.4 Å². The van der Waals surface area contributed by atoms with Crippen molar-refractivity contribution in [2.45, 2.75) is 19.8 Å². The molecule has 0 aliphatic heterocycles. The first-order valence-corrected chi connectivity index (χ1v) is 3.69. The highest BCUT2D eigenvalue weighted by molar-refractivity contribution is 5.72. The zero-order valence-corrected chi connectivity index (χ0v) is 7.04. The Balaban J connectivity index is 3.64. The Morgan fingerprint density at radius 1 is 1.75 bits per heavy atom. The summed E-state index contributed by atoms with van der Waals surface area (Å²) in [5.41, 5.74) is 0. The predicted molar refractivity (Wildman–Crippen MR) is 43.8 cm³/mol. The molecule has 0 radical (unpaired) electrons. The number of nitrogens with zero attached hydrogens (tertiary/aromatic N) is 1. The Morgan fingerprint density at radius 2 is 2.42 bits per heavy atom. The molecule has 0 aliphatic carbocycles. The second-order valence-electron chi connectivity index (χ2n) is 2.41. The summed E-state index contributed by atoms with van der Waals surface area (Å²) in [4.78, 5) is 11.0. The van der Waals surface area contributed by atoms with Crippen LogP contribution in [0.1, 0.15) is 19.8 Å². The summed E-state index contributed by atoms with van der Waals surface area (Å²) in [6.07, 6.45) is 5.79. The topological polar surface area (TPSA) is 50.1 Å². The number of rotatable bonds is 4. The second-order valence-corrected chi connectivity index (χ2v) is 2.41. The van der Waals surface area contributed by atoms with Crippen LogP contribution in [0.15, 0.2) is 0 Å². The molecule has 0 aromatic heterocycles. The summed E-state index contributed by atoms with van der Waals surface area (Å²) < 4.78 is 4.67. The fraction of sp³-hybridized carbons (Fsp3) is 0.556. The standard InChI is InChI=1S/C9H11NO2/c1-3-7-12-9(11)8(2)5-4-6-10/h1,8H,4-5,7H2,2H3. The Morgan fingerprint density at radius 3 is 2.92 bits per heavy atom. The molecule has 64 valence electrons. The van der Waals surface area contributed by atoms with Crippen LogP contribution in [-0.4, -0.2) is 12.6 Å². The van der Waals surface area contributed by atoms with E-state index in [1.165, 1.54) is 0 Å². The maximum Gasteiger partial charge on any atom is 0.309 e. The lowest BCUT2D eigenvalue weighted by Crippen LogP contribution is -2.14. The van der Waals surface area contributed by atoms with E-state index in [2.05, 4.69) is 10.7 Å². The first-order valence-electron chi connectivity index (χ1n) is 3.69. The van der Waals surface area contributed by atoms with Crippen LogP contribution in [0.4, 0.5) is 0 Å². The fourth-order valence-corrected chi connectivity index (χ4v) is 0.654. The minimum Gasteiger partial charge on any atom is -0.452 e. The van der Waals surface area contributed by atoms with Crippen molar-refractivity contribution < 1.29 is 9.53 Å². The lowest BCUT2D eigenvalue weighted by Gasteiger charge is -2.06. The Hall–Kier alpha value is -1.48. The molecule has 0 fully saturated rings. The van der Waals surface area contributed by atoms with E-state index in [1.54, 1.807) is 6.92 Å². The molecule has 3 heteroatoms. The number of carbonyl (C=O) groups is 1. The quantitative estimate of drug-likeness (QED) is 0.463. The van der Waals surface area contributed by atoms with E-state index >= 15 is 0 Å². The summed E-state index contributed by atoms with van der Waals surface area (Å²) in [5, 5.41) is 8.24. The average molecular weight is 165 g/mol. The Labute approximate surface area is 72.3 Å². The van der Waals surface area contributed by atoms with Crippen molar-refractivity contribution in [3.63, 3.8) is 0 Å². The van der Waals surface area contributed by atoms with Gasteiger partial charge in [0.05, 0.1) is 12.0 Å². The van der Waals surface area contributed by atoms with Gasteiger partial charge in [0.1, 0.15) is 0 Å². The highest BCUT2D eigenvalue weighted by atomic mass is 16.5. The minimum atomic E-state index is -0.330. The van der Waals surface area contributed by atoms with Gasteiger partial charge in [-0.2, -0.15) is 5.26 Å². The SMILES string of the molecule is C#CCOC(=O)C(C)CCC#N. The molecule has 12 heavy (non-hydrogen) atoms. The molecule has 0 N–H and O–H groups in total. The first-order chi connectivity index (χ1) is 5.72. The molecule has 0 aliphatic rings. The normalized spacial score (nSPS) is 10.9. The summed E-state index contributed by atoms with van der Waals surface area (Å²) in [5.74, 6) is 1.63. The largest absolute Gasteiger partial charge is 0.452 e. The number of ether oxygens (including phenoxy) is 1. The summed E-state index contributed by atoms with van der Waals surface area (Å²) in [6.45, 7) is 1.73. The van der Waals surface area contributed by atoms with Gasteiger partial charge in [0.25, 0.3) is 0 Å². The molecular formula is C9H11NO2. The number of nitriles is 1. The van der Waals surface area contributed by atoms with Gasteiger partial charge in [-0.15, -0.1) is 6.42 Å². The number of hydrogen-bond acceptors (Lipinski definition) is 3. The third kappa shape index (κ3) is 4.35. The fourth-order valence-electron chi connectivity index (χ4n) is 0.654. The van der Waals surface area contributed by atoms with E-state index in [1.807, 2.05) is 6.07 Å². The molecule has 1 unspecified atom stereocenters. The van der Waals surface area contributed by atoms with Crippen molar-refractivity contribution in [2.75, 3.05) is 6.61 Å². The Kier molecular flexibility index (Phi) is 5.47. The molecule has 0 aromatic rings. The molecule has 0 spiro atoms. The van der Waals surface area contributed by atoms with Crippen molar-refractivity contribution in [1.29, 1.82) is 5.26 Å². The van der Waals surface area contributed by atoms with E-state index < -0.39 is 0 Å². The van der Waals surface area contributed by atoms with Crippen LogP contribution in [-0.2, 0) is 9.53 Å². The summed E-state index contributed by atoms with van der Waals surface area (Å²) in [7, 11) is 0. The zero-order valence-electron chi connectivity index (χ0n) is 7.04. The average Bonchev–Trinajstić information content (AvgIpc) is 2.10. The van der Waals surface area contributed by atoms with Gasteiger partial charge in [0.2, 0.25) is 0 Å². The third-order valence-electron chi connectivity index (χ3n) is 1.39.